The number of benzene rings is 1. The van der Waals surface area contributed by atoms with E-state index in [9.17, 15) is 4.79 Å². The number of hydrogen-bond donors (Lipinski definition) is 2. The fraction of sp³-hybridized carbons (Fsp3) is 0.533. The zero-order chi connectivity index (χ0) is 13.8. The summed E-state index contributed by atoms with van der Waals surface area (Å²) in [4.78, 5) is 14.1. The van der Waals surface area contributed by atoms with Gasteiger partial charge in [-0.1, -0.05) is 6.07 Å². The van der Waals surface area contributed by atoms with Crippen molar-refractivity contribution in [1.82, 2.24) is 4.90 Å². The van der Waals surface area contributed by atoms with Crippen molar-refractivity contribution in [2.75, 3.05) is 31.2 Å². The van der Waals surface area contributed by atoms with E-state index in [1.807, 2.05) is 25.1 Å². The predicted octanol–water partition coefficient (Wildman–Crippen LogP) is 2.25. The number of nitrogens with two attached hydrogens (primary N) is 1. The topological polar surface area (TPSA) is 58.4 Å². The van der Waals surface area contributed by atoms with Crippen LogP contribution in [0.15, 0.2) is 18.2 Å². The molecule has 0 heterocycles. The predicted molar refractivity (Wildman–Crippen MR) is 79.1 cm³/mol. The number of rotatable bonds is 6. The minimum Gasteiger partial charge on any atom is -0.398 e. The zero-order valence-electron chi connectivity index (χ0n) is 11.8. The third-order valence-electron chi connectivity index (χ3n) is 3.64. The minimum absolute atomic E-state index is 0.0522. The van der Waals surface area contributed by atoms with Crippen LogP contribution in [0.1, 0.15) is 24.8 Å². The molecule has 1 aliphatic rings. The highest BCUT2D eigenvalue weighted by molar-refractivity contribution is 5.92. The van der Waals surface area contributed by atoms with E-state index in [1.54, 1.807) is 0 Å². The smallest absolute Gasteiger partial charge is 0.225 e. The van der Waals surface area contributed by atoms with Gasteiger partial charge in [-0.25, -0.2) is 0 Å². The summed E-state index contributed by atoms with van der Waals surface area (Å²) in [6.07, 6.45) is 3.22. The normalized spacial score (nSPS) is 14.7. The average Bonchev–Trinajstić information content (AvgIpc) is 3.16. The number of nitrogens with one attached hydrogen (secondary N) is 1. The molecule has 0 aromatic heterocycles. The van der Waals surface area contributed by atoms with Crippen molar-refractivity contribution < 1.29 is 4.79 Å². The molecule has 1 aromatic carbocycles. The molecular weight excluding hydrogens is 238 g/mol. The zero-order valence-corrected chi connectivity index (χ0v) is 11.8. The SMILES string of the molecule is Cc1c(N)cccc1NC(=O)CCN(C)CC1CC1. The maximum atomic E-state index is 11.9. The van der Waals surface area contributed by atoms with Crippen LogP contribution < -0.4 is 11.1 Å². The lowest BCUT2D eigenvalue weighted by molar-refractivity contribution is -0.116. The fourth-order valence-electron chi connectivity index (χ4n) is 2.13. The van der Waals surface area contributed by atoms with Crippen molar-refractivity contribution in [3.63, 3.8) is 0 Å². The van der Waals surface area contributed by atoms with Gasteiger partial charge in [0.2, 0.25) is 5.91 Å². The highest BCUT2D eigenvalue weighted by Gasteiger charge is 2.22. The van der Waals surface area contributed by atoms with Crippen LogP contribution in [-0.2, 0) is 4.79 Å². The lowest BCUT2D eigenvalue weighted by atomic mass is 10.1. The van der Waals surface area contributed by atoms with Crippen molar-refractivity contribution in [3.05, 3.63) is 23.8 Å². The van der Waals surface area contributed by atoms with Crippen LogP contribution in [0.2, 0.25) is 0 Å². The number of hydrogen-bond acceptors (Lipinski definition) is 3. The second kappa shape index (κ2) is 6.06. The molecule has 1 aliphatic carbocycles. The molecule has 0 unspecified atom stereocenters. The van der Waals surface area contributed by atoms with E-state index in [1.165, 1.54) is 12.8 Å². The Morgan fingerprint density at radius 3 is 2.89 bits per heavy atom. The van der Waals surface area contributed by atoms with Crippen molar-refractivity contribution in [1.29, 1.82) is 0 Å². The number of nitrogens with zero attached hydrogens (tertiary/aromatic N) is 1. The Morgan fingerprint density at radius 2 is 2.21 bits per heavy atom. The molecule has 4 heteroatoms. The van der Waals surface area contributed by atoms with Gasteiger partial charge in [0.15, 0.2) is 0 Å². The van der Waals surface area contributed by atoms with Crippen LogP contribution in [0.25, 0.3) is 0 Å². The second-order valence-electron chi connectivity index (χ2n) is 5.52. The van der Waals surface area contributed by atoms with Gasteiger partial charge >= 0.3 is 0 Å². The molecule has 1 saturated carbocycles. The van der Waals surface area contributed by atoms with Crippen molar-refractivity contribution in [2.24, 2.45) is 5.92 Å². The highest BCUT2D eigenvalue weighted by atomic mass is 16.1. The average molecular weight is 261 g/mol. The summed E-state index contributed by atoms with van der Waals surface area (Å²) < 4.78 is 0. The van der Waals surface area contributed by atoms with Crippen LogP contribution in [0.3, 0.4) is 0 Å². The van der Waals surface area contributed by atoms with Crippen LogP contribution in [0.5, 0.6) is 0 Å². The molecule has 1 fully saturated rings. The van der Waals surface area contributed by atoms with Crippen LogP contribution in [0.4, 0.5) is 11.4 Å². The molecule has 1 amide bonds. The van der Waals surface area contributed by atoms with E-state index in [0.29, 0.717) is 12.1 Å². The third-order valence-corrected chi connectivity index (χ3v) is 3.64. The van der Waals surface area contributed by atoms with Crippen molar-refractivity contribution >= 4 is 17.3 Å². The number of carbonyl (C=O) groups is 1. The van der Waals surface area contributed by atoms with Crippen molar-refractivity contribution in [2.45, 2.75) is 26.2 Å². The monoisotopic (exact) mass is 261 g/mol. The Kier molecular flexibility index (Phi) is 4.43. The van der Waals surface area contributed by atoms with Crippen molar-refractivity contribution in [3.8, 4) is 0 Å². The summed E-state index contributed by atoms with van der Waals surface area (Å²) in [6.45, 7) is 3.85. The molecular formula is C15H23N3O. The molecule has 0 spiro atoms. The van der Waals surface area contributed by atoms with Gasteiger partial charge in [0.25, 0.3) is 0 Å². The lowest BCUT2D eigenvalue weighted by Gasteiger charge is -2.16. The molecule has 0 aliphatic heterocycles. The lowest BCUT2D eigenvalue weighted by Crippen LogP contribution is -2.26. The van der Waals surface area contributed by atoms with Crippen LogP contribution in [0, 0.1) is 12.8 Å². The Labute approximate surface area is 115 Å². The second-order valence-corrected chi connectivity index (χ2v) is 5.52. The summed E-state index contributed by atoms with van der Waals surface area (Å²) in [5.74, 6) is 0.917. The standard InChI is InChI=1S/C15H23N3O/c1-11-13(16)4-3-5-14(11)17-15(19)8-9-18(2)10-12-6-7-12/h3-5,12H,6-10,16H2,1-2H3,(H,17,19). The molecule has 2 rings (SSSR count). The number of amides is 1. The first-order chi connectivity index (χ1) is 9.06. The molecule has 4 nitrogen and oxygen atoms in total. The Balaban J connectivity index is 1.78. The van der Waals surface area contributed by atoms with E-state index in [2.05, 4.69) is 17.3 Å². The number of nitrogen functional groups attached to an aromatic ring is 1. The van der Waals surface area contributed by atoms with Gasteiger partial charge < -0.3 is 16.0 Å². The summed E-state index contributed by atoms with van der Waals surface area (Å²) in [5.41, 5.74) is 8.28. The molecule has 0 saturated heterocycles. The Bertz CT molecular complexity index is 455. The largest absolute Gasteiger partial charge is 0.398 e. The number of anilines is 2. The first kappa shape index (κ1) is 13.9. The van der Waals surface area contributed by atoms with Gasteiger partial charge in [0, 0.05) is 30.9 Å². The molecule has 19 heavy (non-hydrogen) atoms. The highest BCUT2D eigenvalue weighted by Crippen LogP contribution is 2.29. The Morgan fingerprint density at radius 1 is 1.47 bits per heavy atom. The van der Waals surface area contributed by atoms with E-state index in [0.717, 1.165) is 30.3 Å². The van der Waals surface area contributed by atoms with E-state index < -0.39 is 0 Å². The van der Waals surface area contributed by atoms with E-state index >= 15 is 0 Å². The first-order valence-electron chi connectivity index (χ1n) is 6.89. The minimum atomic E-state index is 0.0522. The van der Waals surface area contributed by atoms with Gasteiger partial charge in [-0.2, -0.15) is 0 Å². The molecule has 0 atom stereocenters. The first-order valence-corrected chi connectivity index (χ1v) is 6.89. The maximum Gasteiger partial charge on any atom is 0.225 e. The fourth-order valence-corrected chi connectivity index (χ4v) is 2.13. The molecule has 0 radical (unpaired) electrons. The summed E-state index contributed by atoms with van der Waals surface area (Å²) in [7, 11) is 2.08. The van der Waals surface area contributed by atoms with Gasteiger partial charge in [0.1, 0.15) is 0 Å². The molecule has 104 valence electrons. The van der Waals surface area contributed by atoms with Gasteiger partial charge in [-0.05, 0) is 50.4 Å². The van der Waals surface area contributed by atoms with Gasteiger partial charge in [0.05, 0.1) is 0 Å². The summed E-state index contributed by atoms with van der Waals surface area (Å²) in [5, 5.41) is 2.93. The van der Waals surface area contributed by atoms with Crippen LogP contribution >= 0.6 is 0 Å². The quantitative estimate of drug-likeness (QED) is 0.772. The van der Waals surface area contributed by atoms with E-state index in [4.69, 9.17) is 5.73 Å². The summed E-state index contributed by atoms with van der Waals surface area (Å²) in [6, 6.07) is 5.59. The van der Waals surface area contributed by atoms with E-state index in [-0.39, 0.29) is 5.91 Å². The molecule has 3 N–H and O–H groups in total. The Hall–Kier alpha value is -1.55. The number of carbonyl (C=O) groups excluding carboxylic acids is 1. The van der Waals surface area contributed by atoms with Crippen LogP contribution in [-0.4, -0.2) is 30.9 Å². The van der Waals surface area contributed by atoms with Gasteiger partial charge in [-0.15, -0.1) is 0 Å². The molecule has 0 bridgehead atoms. The third kappa shape index (κ3) is 4.24. The summed E-state index contributed by atoms with van der Waals surface area (Å²) >= 11 is 0. The van der Waals surface area contributed by atoms with Gasteiger partial charge in [-0.3, -0.25) is 4.79 Å². The maximum absolute atomic E-state index is 11.9. The molecule has 1 aromatic rings.